The van der Waals surface area contributed by atoms with Gasteiger partial charge >= 0.3 is 5.97 Å². The Morgan fingerprint density at radius 2 is 1.82 bits per heavy atom. The number of ether oxygens (including phenoxy) is 2. The van der Waals surface area contributed by atoms with Gasteiger partial charge in [-0.1, -0.05) is 18.6 Å². The molecule has 2 amide bonds. The number of fused-ring (bicyclic) bond motifs is 9. The predicted molar refractivity (Wildman–Crippen MR) is 123 cm³/mol. The monoisotopic (exact) mass is 460 g/mol. The van der Waals surface area contributed by atoms with Crippen molar-refractivity contribution in [3.63, 3.8) is 0 Å². The van der Waals surface area contributed by atoms with Gasteiger partial charge in [-0.15, -0.1) is 0 Å². The molecule has 1 aromatic rings. The Bertz CT molecular complexity index is 819. The zero-order chi connectivity index (χ0) is 23.7. The summed E-state index contributed by atoms with van der Waals surface area (Å²) in [6.45, 7) is 3.37. The van der Waals surface area contributed by atoms with Gasteiger partial charge in [-0.2, -0.15) is 0 Å². The fourth-order valence-corrected chi connectivity index (χ4v) is 4.87. The first-order valence-corrected chi connectivity index (χ1v) is 11.9. The Morgan fingerprint density at radius 3 is 2.55 bits per heavy atom. The fourth-order valence-electron chi connectivity index (χ4n) is 4.87. The molecule has 3 aliphatic rings. The van der Waals surface area contributed by atoms with Gasteiger partial charge in [0.25, 0.3) is 5.91 Å². The number of carboxylic acids is 1. The van der Waals surface area contributed by atoms with Gasteiger partial charge in [0.2, 0.25) is 5.91 Å². The van der Waals surface area contributed by atoms with E-state index in [0.717, 1.165) is 32.1 Å². The first-order valence-electron chi connectivity index (χ1n) is 11.9. The van der Waals surface area contributed by atoms with Gasteiger partial charge in [0, 0.05) is 39.6 Å². The molecule has 0 atom stereocenters. The number of carbonyl (C=O) groups is 3. The summed E-state index contributed by atoms with van der Waals surface area (Å²) in [6.07, 6.45) is 5.16. The Balaban J connectivity index is 1.76. The summed E-state index contributed by atoms with van der Waals surface area (Å²) in [4.78, 5) is 40.5. The Labute approximate surface area is 195 Å². The van der Waals surface area contributed by atoms with Crippen LogP contribution in [-0.4, -0.2) is 79.2 Å². The molecule has 33 heavy (non-hydrogen) atoms. The second-order valence-electron chi connectivity index (χ2n) is 9.16. The van der Waals surface area contributed by atoms with E-state index in [1.807, 2.05) is 17.0 Å². The lowest BCUT2D eigenvalue weighted by Gasteiger charge is -2.41. The third-order valence-corrected chi connectivity index (χ3v) is 6.82. The number of methoxy groups -OCH3 is 1. The summed E-state index contributed by atoms with van der Waals surface area (Å²) in [5.41, 5.74) is 0.601. The second-order valence-corrected chi connectivity index (χ2v) is 9.16. The number of amides is 2. The number of hydrogen-bond donors (Lipinski definition) is 1. The molecule has 1 fully saturated rings. The molecule has 1 N–H and O–H groups in total. The van der Waals surface area contributed by atoms with Crippen LogP contribution >= 0.6 is 0 Å². The number of hydrogen-bond acceptors (Lipinski definition) is 5. The number of aliphatic carboxylic acids is 1. The van der Waals surface area contributed by atoms with Crippen LogP contribution in [0.2, 0.25) is 0 Å². The molecule has 8 nitrogen and oxygen atoms in total. The van der Waals surface area contributed by atoms with Gasteiger partial charge < -0.3 is 24.4 Å². The minimum Gasteiger partial charge on any atom is -0.491 e. The van der Waals surface area contributed by atoms with Crippen LogP contribution in [0.5, 0.6) is 5.75 Å². The number of rotatable bonds is 6. The maximum atomic E-state index is 13.2. The molecular weight excluding hydrogens is 424 g/mol. The van der Waals surface area contributed by atoms with Crippen LogP contribution < -0.4 is 4.74 Å². The molecule has 0 unspecified atom stereocenters. The van der Waals surface area contributed by atoms with Gasteiger partial charge in [-0.3, -0.25) is 14.4 Å². The highest BCUT2D eigenvalue weighted by Crippen LogP contribution is 2.38. The van der Waals surface area contributed by atoms with Crippen molar-refractivity contribution in [1.82, 2.24) is 9.80 Å². The molecule has 0 spiro atoms. The number of benzene rings is 1. The van der Waals surface area contributed by atoms with E-state index in [2.05, 4.69) is 0 Å². The number of para-hydroxylation sites is 1. The fraction of sp³-hybridized carbons (Fsp3) is 0.640. The molecule has 0 radical (unpaired) electrons. The molecular formula is C25H36N2O6. The summed E-state index contributed by atoms with van der Waals surface area (Å²) in [5.74, 6) is -0.428. The highest BCUT2D eigenvalue weighted by Gasteiger charge is 2.36. The molecule has 0 aromatic heterocycles. The highest BCUT2D eigenvalue weighted by atomic mass is 16.5. The molecule has 0 aliphatic carbocycles. The molecule has 4 rings (SSSR count). The Morgan fingerprint density at radius 1 is 1.06 bits per heavy atom. The van der Waals surface area contributed by atoms with Crippen molar-refractivity contribution in [2.24, 2.45) is 5.41 Å². The molecule has 0 saturated carbocycles. The first-order chi connectivity index (χ1) is 15.9. The molecule has 3 heterocycles. The van der Waals surface area contributed by atoms with Crippen molar-refractivity contribution in [3.05, 3.63) is 29.8 Å². The molecule has 8 heteroatoms. The van der Waals surface area contributed by atoms with E-state index >= 15 is 0 Å². The van der Waals surface area contributed by atoms with Gasteiger partial charge in [0.05, 0.1) is 18.7 Å². The lowest BCUT2D eigenvalue weighted by molar-refractivity contribution is -0.137. The summed E-state index contributed by atoms with van der Waals surface area (Å²) in [7, 11) is 1.73. The predicted octanol–water partition coefficient (Wildman–Crippen LogP) is 3.20. The third kappa shape index (κ3) is 6.93. The van der Waals surface area contributed by atoms with Crippen LogP contribution in [0.25, 0.3) is 0 Å². The maximum absolute atomic E-state index is 13.2. The SMILES string of the molecule is COCC12CCCCN(C(=O)CCCC(=O)O)CCOc3ccccc3C(=O)N(CC1)CC2. The molecule has 1 saturated heterocycles. The molecule has 2 bridgehead atoms. The normalized spacial score (nSPS) is 19.2. The van der Waals surface area contributed by atoms with Crippen molar-refractivity contribution < 1.29 is 29.0 Å². The van der Waals surface area contributed by atoms with Crippen LogP contribution in [-0.2, 0) is 14.3 Å². The Kier molecular flexibility index (Phi) is 9.11. The van der Waals surface area contributed by atoms with E-state index in [0.29, 0.717) is 50.5 Å². The van der Waals surface area contributed by atoms with Crippen molar-refractivity contribution in [2.75, 3.05) is 46.5 Å². The molecule has 182 valence electrons. The molecule has 3 aliphatic heterocycles. The van der Waals surface area contributed by atoms with E-state index < -0.39 is 5.97 Å². The van der Waals surface area contributed by atoms with Gasteiger partial charge in [0.1, 0.15) is 12.4 Å². The van der Waals surface area contributed by atoms with Crippen LogP contribution in [0, 0.1) is 5.41 Å². The van der Waals surface area contributed by atoms with Gasteiger partial charge in [-0.25, -0.2) is 0 Å². The van der Waals surface area contributed by atoms with E-state index in [4.69, 9.17) is 14.6 Å². The quantitative estimate of drug-likeness (QED) is 0.700. The highest BCUT2D eigenvalue weighted by molar-refractivity contribution is 5.97. The number of nitrogens with zero attached hydrogens (tertiary/aromatic N) is 2. The average Bonchev–Trinajstić information content (AvgIpc) is 2.81. The molecule has 1 aromatic carbocycles. The lowest BCUT2D eigenvalue weighted by atomic mass is 9.75. The topological polar surface area (TPSA) is 96.4 Å². The van der Waals surface area contributed by atoms with Crippen molar-refractivity contribution >= 4 is 17.8 Å². The zero-order valence-electron chi connectivity index (χ0n) is 19.6. The standard InChI is InChI=1S/C25H36N2O6/c1-32-19-25-11-4-5-14-26(22(28)9-6-10-23(29)30)17-18-33-21-8-3-2-7-20(21)24(31)27(15-12-25)16-13-25/h2-3,7-8H,4-6,9-19H2,1H3,(H,29,30). The number of carboxylic acid groups (broad SMARTS) is 1. The zero-order valence-corrected chi connectivity index (χ0v) is 19.6. The third-order valence-electron chi connectivity index (χ3n) is 6.82. The van der Waals surface area contributed by atoms with Crippen LogP contribution in [0.1, 0.15) is 61.7 Å². The largest absolute Gasteiger partial charge is 0.491 e. The lowest BCUT2D eigenvalue weighted by Crippen LogP contribution is -2.45. The van der Waals surface area contributed by atoms with E-state index in [1.54, 1.807) is 24.1 Å². The van der Waals surface area contributed by atoms with Crippen LogP contribution in [0.4, 0.5) is 0 Å². The van der Waals surface area contributed by atoms with Crippen LogP contribution in [0.3, 0.4) is 0 Å². The summed E-state index contributed by atoms with van der Waals surface area (Å²) >= 11 is 0. The van der Waals surface area contributed by atoms with Gasteiger partial charge in [-0.05, 0) is 49.7 Å². The van der Waals surface area contributed by atoms with Gasteiger partial charge in [0.15, 0.2) is 0 Å². The van der Waals surface area contributed by atoms with E-state index in [1.165, 1.54) is 0 Å². The average molecular weight is 461 g/mol. The summed E-state index contributed by atoms with van der Waals surface area (Å²) in [5, 5.41) is 8.87. The first kappa shape index (κ1) is 25.0. The van der Waals surface area contributed by atoms with Crippen molar-refractivity contribution in [3.8, 4) is 5.75 Å². The van der Waals surface area contributed by atoms with E-state index in [-0.39, 0.29) is 36.7 Å². The Hall–Kier alpha value is -2.61. The number of piperidine rings is 1. The van der Waals surface area contributed by atoms with E-state index in [9.17, 15) is 14.4 Å². The van der Waals surface area contributed by atoms with Crippen molar-refractivity contribution in [1.29, 1.82) is 0 Å². The summed E-state index contributed by atoms with van der Waals surface area (Å²) in [6, 6.07) is 7.27. The summed E-state index contributed by atoms with van der Waals surface area (Å²) < 4.78 is 11.5. The minimum atomic E-state index is -0.890. The second kappa shape index (κ2) is 12.0. The minimum absolute atomic E-state index is 0.0123. The maximum Gasteiger partial charge on any atom is 0.303 e. The number of carbonyl (C=O) groups excluding carboxylic acids is 2. The smallest absolute Gasteiger partial charge is 0.303 e. The van der Waals surface area contributed by atoms with Crippen LogP contribution in [0.15, 0.2) is 24.3 Å². The van der Waals surface area contributed by atoms with Crippen molar-refractivity contribution in [2.45, 2.75) is 51.4 Å².